The Bertz CT molecular complexity index is 1620. The van der Waals surface area contributed by atoms with Crippen LogP contribution < -0.4 is 20.4 Å². The first-order chi connectivity index (χ1) is 19.6. The third-order valence-corrected chi connectivity index (χ3v) is 7.41. The van der Waals surface area contributed by atoms with Gasteiger partial charge < -0.3 is 25.1 Å². The van der Waals surface area contributed by atoms with E-state index in [1.807, 2.05) is 53.1 Å². The summed E-state index contributed by atoms with van der Waals surface area (Å²) in [5.41, 5.74) is 8.86. The molecule has 41 heavy (non-hydrogen) atoms. The maximum Gasteiger partial charge on any atom is 0.345 e. The average molecular weight is 580 g/mol. The molecule has 1 amide bonds. The van der Waals surface area contributed by atoms with E-state index in [-0.39, 0.29) is 18.9 Å². The first kappa shape index (κ1) is 30.1. The van der Waals surface area contributed by atoms with Gasteiger partial charge in [-0.05, 0) is 49.2 Å². The Hall–Kier alpha value is -3.90. The summed E-state index contributed by atoms with van der Waals surface area (Å²) in [7, 11) is -4.35. The van der Waals surface area contributed by atoms with Gasteiger partial charge in [-0.2, -0.15) is 4.57 Å². The molecule has 3 aromatic carbocycles. The van der Waals surface area contributed by atoms with Gasteiger partial charge in [0.1, 0.15) is 5.75 Å². The summed E-state index contributed by atoms with van der Waals surface area (Å²) in [6.45, 7) is 5.36. The summed E-state index contributed by atoms with van der Waals surface area (Å²) in [6, 6.07) is 17.9. The molecule has 3 N–H and O–H groups in total. The number of amides is 1. The minimum absolute atomic E-state index is 0.132. The number of nitrogens with two attached hydrogens (primary N) is 1. The Labute approximate surface area is 238 Å². The van der Waals surface area contributed by atoms with E-state index in [2.05, 4.69) is 5.32 Å². The van der Waals surface area contributed by atoms with Crippen LogP contribution in [-0.2, 0) is 21.4 Å². The summed E-state index contributed by atoms with van der Waals surface area (Å²) < 4.78 is 46.8. The van der Waals surface area contributed by atoms with Crippen molar-refractivity contribution < 1.29 is 36.6 Å². The number of fused-ring (bicyclic) bond motifs is 2. The smallest absolute Gasteiger partial charge is 0.345 e. The number of hydrogen-bond acceptors (Lipinski definition) is 8. The number of para-hydroxylation sites is 2. The van der Waals surface area contributed by atoms with Gasteiger partial charge in [-0.3, -0.25) is 4.79 Å². The van der Waals surface area contributed by atoms with Crippen molar-refractivity contribution in [3.63, 3.8) is 0 Å². The summed E-state index contributed by atoms with van der Waals surface area (Å²) >= 11 is 0. The molecule has 0 fully saturated rings. The number of carbonyl (C=O) groups excluding carboxylic acids is 2. The second kappa shape index (κ2) is 13.2. The Kier molecular flexibility index (Phi) is 9.66. The van der Waals surface area contributed by atoms with E-state index < -0.39 is 21.8 Å². The lowest BCUT2D eigenvalue weighted by Gasteiger charge is -2.15. The Morgan fingerprint density at radius 2 is 1.54 bits per heavy atom. The van der Waals surface area contributed by atoms with Crippen molar-refractivity contribution in [2.45, 2.75) is 26.8 Å². The molecule has 0 saturated heterocycles. The molecule has 0 aliphatic heterocycles. The monoisotopic (exact) mass is 579 g/mol. The number of rotatable bonds is 12. The van der Waals surface area contributed by atoms with E-state index in [0.717, 1.165) is 0 Å². The van der Waals surface area contributed by atoms with Crippen LogP contribution in [0.5, 0.6) is 5.75 Å². The van der Waals surface area contributed by atoms with Crippen LogP contribution in [0.25, 0.3) is 21.8 Å². The third-order valence-electron chi connectivity index (χ3n) is 6.62. The standard InChI is InChI=1S/C30H33N3O7S/c1-20-18-22(29(34)32-13-16-39-15-12-31)19-21(2)28(20)40-30(35)27-23-8-3-5-10-25(23)33(14-7-17-41(36,37)38)26-11-6-4-9-24(26)27/h3-6,8-11,18-19H,7,12-17,31H2,1-2H3,(H-,32,34,36,37,38). The number of benzene rings is 3. The zero-order chi connectivity index (χ0) is 29.6. The first-order valence-electron chi connectivity index (χ1n) is 13.3. The molecule has 0 atom stereocenters. The normalized spacial score (nSPS) is 11.6. The van der Waals surface area contributed by atoms with Gasteiger partial charge in [0, 0.05) is 43.0 Å². The number of hydrogen-bond donors (Lipinski definition) is 2. The SMILES string of the molecule is Cc1cc(C(=O)NCCOCCN)cc(C)c1OC(=O)c1c2ccccc2[n+](CCCS(=O)(=O)[O-])c2ccccc12. The molecule has 0 unspecified atom stereocenters. The highest BCUT2D eigenvalue weighted by atomic mass is 32.2. The number of aromatic nitrogens is 1. The molecule has 0 aliphatic carbocycles. The quantitative estimate of drug-likeness (QED) is 0.0649. The highest BCUT2D eigenvalue weighted by Crippen LogP contribution is 2.30. The zero-order valence-electron chi connectivity index (χ0n) is 23.0. The predicted octanol–water partition coefficient (Wildman–Crippen LogP) is 2.76. The maximum absolute atomic E-state index is 13.8. The number of nitrogens with one attached hydrogen (secondary N) is 1. The Morgan fingerprint density at radius 3 is 2.10 bits per heavy atom. The van der Waals surface area contributed by atoms with Crippen molar-refractivity contribution in [2.24, 2.45) is 5.73 Å². The van der Waals surface area contributed by atoms with E-state index in [0.29, 0.717) is 76.1 Å². The molecule has 11 heteroatoms. The molecule has 0 bridgehead atoms. The Morgan fingerprint density at radius 1 is 0.951 bits per heavy atom. The van der Waals surface area contributed by atoms with E-state index >= 15 is 0 Å². The third kappa shape index (κ3) is 7.25. The summed E-state index contributed by atoms with van der Waals surface area (Å²) in [4.78, 5) is 26.4. The lowest BCUT2D eigenvalue weighted by atomic mass is 10.0. The van der Waals surface area contributed by atoms with Crippen molar-refractivity contribution in [3.8, 4) is 5.75 Å². The molecule has 4 rings (SSSR count). The van der Waals surface area contributed by atoms with Crippen molar-refractivity contribution >= 4 is 43.8 Å². The average Bonchev–Trinajstić information content (AvgIpc) is 2.93. The number of carbonyl (C=O) groups is 2. The largest absolute Gasteiger partial charge is 0.748 e. The van der Waals surface area contributed by atoms with Gasteiger partial charge in [0.15, 0.2) is 6.54 Å². The van der Waals surface area contributed by atoms with Gasteiger partial charge in [0.05, 0.1) is 39.7 Å². The van der Waals surface area contributed by atoms with Gasteiger partial charge in [0.25, 0.3) is 5.91 Å². The second-order valence-electron chi connectivity index (χ2n) is 9.66. The number of ether oxygens (including phenoxy) is 2. The molecule has 1 aromatic heterocycles. The van der Waals surface area contributed by atoms with Crippen LogP contribution in [0.1, 0.15) is 38.3 Å². The molecular weight excluding hydrogens is 546 g/mol. The number of pyridine rings is 1. The van der Waals surface area contributed by atoms with Gasteiger partial charge in [-0.15, -0.1) is 0 Å². The molecule has 0 radical (unpaired) electrons. The molecule has 4 aromatic rings. The fraction of sp³-hybridized carbons (Fsp3) is 0.300. The second-order valence-corrected chi connectivity index (χ2v) is 11.2. The van der Waals surface area contributed by atoms with Crippen molar-refractivity contribution in [1.29, 1.82) is 0 Å². The summed E-state index contributed by atoms with van der Waals surface area (Å²) in [5.74, 6) is -0.948. The maximum atomic E-state index is 13.8. The van der Waals surface area contributed by atoms with Crippen molar-refractivity contribution in [1.82, 2.24) is 5.32 Å². The lowest BCUT2D eigenvalue weighted by molar-refractivity contribution is -0.645. The topological polar surface area (TPSA) is 152 Å². The van der Waals surface area contributed by atoms with Gasteiger partial charge in [-0.25, -0.2) is 13.2 Å². The number of esters is 1. The summed E-state index contributed by atoms with van der Waals surface area (Å²) in [5, 5.41) is 4.06. The van der Waals surface area contributed by atoms with Crippen LogP contribution >= 0.6 is 0 Å². The first-order valence-corrected chi connectivity index (χ1v) is 14.8. The molecule has 1 heterocycles. The van der Waals surface area contributed by atoms with E-state index in [1.165, 1.54) is 0 Å². The molecule has 10 nitrogen and oxygen atoms in total. The molecular formula is C30H33N3O7S. The fourth-order valence-corrected chi connectivity index (χ4v) is 5.37. The van der Waals surface area contributed by atoms with Crippen molar-refractivity contribution in [2.75, 3.05) is 32.1 Å². The predicted molar refractivity (Wildman–Crippen MR) is 154 cm³/mol. The van der Waals surface area contributed by atoms with E-state index in [9.17, 15) is 22.6 Å². The van der Waals surface area contributed by atoms with E-state index in [4.69, 9.17) is 15.2 Å². The molecule has 0 aliphatic rings. The Balaban J connectivity index is 1.66. The highest BCUT2D eigenvalue weighted by molar-refractivity contribution is 7.85. The van der Waals surface area contributed by atoms with Crippen LogP contribution in [0.2, 0.25) is 0 Å². The van der Waals surface area contributed by atoms with Gasteiger partial charge in [0.2, 0.25) is 11.0 Å². The molecule has 216 valence electrons. The number of aryl methyl sites for hydroxylation is 3. The lowest BCUT2D eigenvalue weighted by Crippen LogP contribution is -2.37. The minimum atomic E-state index is -4.35. The van der Waals surface area contributed by atoms with Crippen LogP contribution in [0.3, 0.4) is 0 Å². The van der Waals surface area contributed by atoms with Crippen LogP contribution in [0.4, 0.5) is 0 Å². The molecule has 0 saturated carbocycles. The minimum Gasteiger partial charge on any atom is -0.748 e. The van der Waals surface area contributed by atoms with Crippen molar-refractivity contribution in [3.05, 3.63) is 82.9 Å². The number of nitrogens with zero attached hydrogens (tertiary/aromatic N) is 1. The van der Waals surface area contributed by atoms with E-state index in [1.54, 1.807) is 26.0 Å². The summed E-state index contributed by atoms with van der Waals surface area (Å²) in [6.07, 6.45) is 0.132. The zero-order valence-corrected chi connectivity index (χ0v) is 23.8. The van der Waals surface area contributed by atoms with Crippen LogP contribution in [0, 0.1) is 13.8 Å². The fourth-order valence-electron chi connectivity index (χ4n) is 4.89. The van der Waals surface area contributed by atoms with Gasteiger partial charge in [-0.1, -0.05) is 24.3 Å². The molecule has 0 spiro atoms. The van der Waals surface area contributed by atoms with Crippen LogP contribution in [0.15, 0.2) is 60.7 Å². The van der Waals surface area contributed by atoms with Gasteiger partial charge >= 0.3 is 5.97 Å². The van der Waals surface area contributed by atoms with Crippen LogP contribution in [-0.4, -0.2) is 56.9 Å². The highest BCUT2D eigenvalue weighted by Gasteiger charge is 2.26.